The third-order valence-corrected chi connectivity index (χ3v) is 3.31. The van der Waals surface area contributed by atoms with Gasteiger partial charge >= 0.3 is 0 Å². The lowest BCUT2D eigenvalue weighted by molar-refractivity contribution is 0.490. The average Bonchev–Trinajstić information content (AvgIpc) is 2.15. The van der Waals surface area contributed by atoms with Crippen LogP contribution in [0.4, 0.5) is 0 Å². The van der Waals surface area contributed by atoms with Crippen molar-refractivity contribution >= 4 is 21.4 Å². The predicted octanol–water partition coefficient (Wildman–Crippen LogP) is 3.17. The minimum atomic E-state index is -0.109. The van der Waals surface area contributed by atoms with Gasteiger partial charge in [0.05, 0.1) is 0 Å². The fourth-order valence-corrected chi connectivity index (χ4v) is 2.67. The van der Waals surface area contributed by atoms with E-state index in [4.69, 9.17) is 0 Å². The molecule has 0 radical (unpaired) electrons. The van der Waals surface area contributed by atoms with Crippen molar-refractivity contribution in [3.05, 3.63) is 40.1 Å². The van der Waals surface area contributed by atoms with Crippen molar-refractivity contribution in [2.24, 2.45) is 5.92 Å². The Bertz CT molecular complexity index is 570. The fourth-order valence-electron chi connectivity index (χ4n) is 1.79. The first-order valence-electron chi connectivity index (χ1n) is 5.32. The summed E-state index contributed by atoms with van der Waals surface area (Å²) < 4.78 is 0.864. The summed E-state index contributed by atoms with van der Waals surface area (Å²) >= 11 is 1.25. The summed E-state index contributed by atoms with van der Waals surface area (Å²) in [6.45, 7) is 4.32. The second-order valence-corrected chi connectivity index (χ2v) is 5.44. The van der Waals surface area contributed by atoms with E-state index in [0.717, 1.165) is 11.1 Å². The maximum atomic E-state index is 11.6. The van der Waals surface area contributed by atoms with Gasteiger partial charge in [0.15, 0.2) is 10.5 Å². The van der Waals surface area contributed by atoms with Crippen LogP contribution in [0.15, 0.2) is 29.1 Å². The molecule has 0 aliphatic heterocycles. The molecule has 1 heterocycles. The highest BCUT2D eigenvalue weighted by molar-refractivity contribution is 7.19. The van der Waals surface area contributed by atoms with Gasteiger partial charge in [-0.05, 0) is 30.0 Å². The molecule has 0 saturated carbocycles. The van der Waals surface area contributed by atoms with Gasteiger partial charge < -0.3 is 5.11 Å². The molecule has 84 valence electrons. The third-order valence-electron chi connectivity index (χ3n) is 2.42. The molecule has 0 aliphatic carbocycles. The Balaban J connectivity index is 2.57. The molecule has 1 aromatic heterocycles. The highest BCUT2D eigenvalue weighted by atomic mass is 32.1. The third kappa shape index (κ3) is 2.25. The van der Waals surface area contributed by atoms with Crippen LogP contribution in [0, 0.1) is 5.92 Å². The molecule has 1 aromatic carbocycles. The predicted molar refractivity (Wildman–Crippen MR) is 68.3 cm³/mol. The van der Waals surface area contributed by atoms with Crippen molar-refractivity contribution < 1.29 is 5.11 Å². The van der Waals surface area contributed by atoms with Crippen LogP contribution in [-0.4, -0.2) is 5.11 Å². The zero-order chi connectivity index (χ0) is 11.7. The number of hydrogen-bond acceptors (Lipinski definition) is 3. The minimum absolute atomic E-state index is 0.0826. The molecule has 1 N–H and O–H groups in total. The highest BCUT2D eigenvalue weighted by Crippen LogP contribution is 2.25. The van der Waals surface area contributed by atoms with Gasteiger partial charge in [0.2, 0.25) is 0 Å². The van der Waals surface area contributed by atoms with Gasteiger partial charge in [-0.25, -0.2) is 0 Å². The standard InChI is InChI=1S/C13H14O2S/c1-8(2)5-9-3-4-10-11(14)7-13(15)16-12(10)6-9/h3-4,6-8,15H,5H2,1-2H3. The van der Waals surface area contributed by atoms with Gasteiger partial charge in [-0.2, -0.15) is 0 Å². The summed E-state index contributed by atoms with van der Waals surface area (Å²) in [7, 11) is 0. The van der Waals surface area contributed by atoms with Crippen molar-refractivity contribution in [3.8, 4) is 5.06 Å². The van der Waals surface area contributed by atoms with Crippen LogP contribution in [0.1, 0.15) is 19.4 Å². The summed E-state index contributed by atoms with van der Waals surface area (Å²) in [6.07, 6.45) is 0.993. The molecule has 0 unspecified atom stereocenters. The van der Waals surface area contributed by atoms with E-state index in [1.807, 2.05) is 18.2 Å². The van der Waals surface area contributed by atoms with Crippen LogP contribution < -0.4 is 5.43 Å². The minimum Gasteiger partial charge on any atom is -0.499 e. The van der Waals surface area contributed by atoms with E-state index in [1.165, 1.54) is 23.0 Å². The van der Waals surface area contributed by atoms with Crippen molar-refractivity contribution in [3.63, 3.8) is 0 Å². The lowest BCUT2D eigenvalue weighted by atomic mass is 10.0. The zero-order valence-electron chi connectivity index (χ0n) is 9.36. The van der Waals surface area contributed by atoms with Crippen molar-refractivity contribution in [1.29, 1.82) is 0 Å². The number of aromatic hydroxyl groups is 1. The molecule has 0 fully saturated rings. The summed E-state index contributed by atoms with van der Waals surface area (Å²) in [5.74, 6) is 0.589. The average molecular weight is 234 g/mol. The normalized spacial score (nSPS) is 11.2. The van der Waals surface area contributed by atoms with E-state index >= 15 is 0 Å². The first-order chi connectivity index (χ1) is 7.56. The molecule has 2 aromatic rings. The Morgan fingerprint density at radius 2 is 2.06 bits per heavy atom. The van der Waals surface area contributed by atoms with Gasteiger partial charge in [0, 0.05) is 16.2 Å². The summed E-state index contributed by atoms with van der Waals surface area (Å²) in [5.41, 5.74) is 1.10. The maximum Gasteiger partial charge on any atom is 0.191 e. The summed E-state index contributed by atoms with van der Waals surface area (Å²) in [4.78, 5) is 11.6. The molecule has 2 nitrogen and oxygen atoms in total. The monoisotopic (exact) mass is 234 g/mol. The van der Waals surface area contributed by atoms with Gasteiger partial charge in [-0.15, -0.1) is 0 Å². The molecule has 0 saturated heterocycles. The van der Waals surface area contributed by atoms with Gasteiger partial charge in [-0.3, -0.25) is 4.79 Å². The topological polar surface area (TPSA) is 37.3 Å². The molecule has 3 heteroatoms. The SMILES string of the molecule is CC(C)Cc1ccc2c(=O)cc(O)sc2c1. The van der Waals surface area contributed by atoms with Gasteiger partial charge in [0.1, 0.15) is 0 Å². The molecular formula is C13H14O2S. The van der Waals surface area contributed by atoms with Gasteiger partial charge in [-0.1, -0.05) is 31.3 Å². The highest BCUT2D eigenvalue weighted by Gasteiger charge is 2.04. The van der Waals surface area contributed by atoms with E-state index in [1.54, 1.807) is 0 Å². The molecule has 0 amide bonds. The second kappa shape index (κ2) is 4.26. The van der Waals surface area contributed by atoms with Gasteiger partial charge in [0.25, 0.3) is 0 Å². The molecule has 0 spiro atoms. The smallest absolute Gasteiger partial charge is 0.191 e. The van der Waals surface area contributed by atoms with E-state index in [9.17, 15) is 9.90 Å². The number of rotatable bonds is 2. The number of hydrogen-bond donors (Lipinski definition) is 1. The lowest BCUT2D eigenvalue weighted by Gasteiger charge is -2.05. The maximum absolute atomic E-state index is 11.6. The van der Waals surface area contributed by atoms with Crippen molar-refractivity contribution in [2.75, 3.05) is 0 Å². The quantitative estimate of drug-likeness (QED) is 0.866. The molecule has 0 aliphatic rings. The van der Waals surface area contributed by atoms with Crippen LogP contribution in [0.2, 0.25) is 0 Å². The molecule has 0 bridgehead atoms. The fraction of sp³-hybridized carbons (Fsp3) is 0.308. The second-order valence-electron chi connectivity index (χ2n) is 4.38. The number of fused-ring (bicyclic) bond motifs is 1. The van der Waals surface area contributed by atoms with E-state index in [0.29, 0.717) is 11.3 Å². The van der Waals surface area contributed by atoms with E-state index in [2.05, 4.69) is 13.8 Å². The van der Waals surface area contributed by atoms with Crippen LogP contribution in [0.5, 0.6) is 5.06 Å². The molecular weight excluding hydrogens is 220 g/mol. The molecule has 2 rings (SSSR count). The number of benzene rings is 1. The summed E-state index contributed by atoms with van der Waals surface area (Å²) in [6, 6.07) is 7.12. The summed E-state index contributed by atoms with van der Waals surface area (Å²) in [5, 5.41) is 10.2. The first-order valence-corrected chi connectivity index (χ1v) is 6.13. The lowest BCUT2D eigenvalue weighted by Crippen LogP contribution is -1.99. The Labute approximate surface area is 98.2 Å². The van der Waals surface area contributed by atoms with Crippen molar-refractivity contribution in [2.45, 2.75) is 20.3 Å². The van der Waals surface area contributed by atoms with E-state index in [-0.39, 0.29) is 10.5 Å². The zero-order valence-corrected chi connectivity index (χ0v) is 10.2. The Hall–Kier alpha value is -1.35. The van der Waals surface area contributed by atoms with Crippen molar-refractivity contribution in [1.82, 2.24) is 0 Å². The van der Waals surface area contributed by atoms with Crippen LogP contribution >= 0.6 is 11.3 Å². The molecule has 16 heavy (non-hydrogen) atoms. The van der Waals surface area contributed by atoms with Crippen LogP contribution in [0.3, 0.4) is 0 Å². The first kappa shape index (κ1) is 11.1. The van der Waals surface area contributed by atoms with E-state index < -0.39 is 0 Å². The largest absolute Gasteiger partial charge is 0.499 e. The Morgan fingerprint density at radius 3 is 2.75 bits per heavy atom. The molecule has 0 atom stereocenters. The van der Waals surface area contributed by atoms with Crippen LogP contribution in [-0.2, 0) is 6.42 Å². The van der Waals surface area contributed by atoms with Crippen LogP contribution in [0.25, 0.3) is 10.1 Å². The Morgan fingerprint density at radius 1 is 1.31 bits per heavy atom. The Kier molecular flexibility index (Phi) is 2.97.